The molecule has 0 aliphatic heterocycles. The summed E-state index contributed by atoms with van der Waals surface area (Å²) in [6, 6.07) is 0. The number of nitrogens with zero attached hydrogens (tertiary/aromatic N) is 1. The van der Waals surface area contributed by atoms with Crippen LogP contribution in [-0.2, 0) is 9.59 Å². The summed E-state index contributed by atoms with van der Waals surface area (Å²) in [6.45, 7) is 4.81. The Hall–Kier alpha value is -1.21. The smallest absolute Gasteiger partial charge is 0.235 e. The molecule has 3 heteroatoms. The molecule has 0 spiro atoms. The van der Waals surface area contributed by atoms with Crippen molar-refractivity contribution in [3.8, 4) is 0 Å². The third-order valence-corrected chi connectivity index (χ3v) is 0.763. The van der Waals surface area contributed by atoms with Gasteiger partial charge in [0, 0.05) is 0 Å². The molecule has 0 N–H and O–H groups in total. The summed E-state index contributed by atoms with van der Waals surface area (Å²) in [4.78, 5) is 23.1. The van der Waals surface area contributed by atoms with E-state index in [2.05, 4.69) is 11.6 Å². The first-order chi connectivity index (χ1) is 4.18. The molecular formula is C6H7NO2. The van der Waals surface area contributed by atoms with Crippen molar-refractivity contribution in [2.45, 2.75) is 6.92 Å². The van der Waals surface area contributed by atoms with Crippen LogP contribution in [0, 0.1) is 0 Å². The zero-order valence-electron chi connectivity index (χ0n) is 5.18. The fraction of sp³-hybridized carbons (Fsp3) is 0.333. The van der Waals surface area contributed by atoms with Gasteiger partial charge in [0.25, 0.3) is 0 Å². The summed E-state index contributed by atoms with van der Waals surface area (Å²) < 4.78 is 0. The molecule has 0 atom stereocenters. The van der Waals surface area contributed by atoms with Crippen LogP contribution in [0.15, 0.2) is 17.1 Å². The molecule has 0 amide bonds. The molecule has 0 aromatic rings. The van der Waals surface area contributed by atoms with Gasteiger partial charge in [-0.25, -0.2) is 4.79 Å². The van der Waals surface area contributed by atoms with E-state index < -0.39 is 0 Å². The standard InChI is InChI=1S/C6H7NO2/c1-5(2)6(9)3-7-4-8/h1,3H2,2H3. The molecule has 0 saturated heterocycles. The van der Waals surface area contributed by atoms with Gasteiger partial charge in [0.15, 0.2) is 5.78 Å². The first kappa shape index (κ1) is 7.79. The Kier molecular flexibility index (Phi) is 3.25. The number of rotatable bonds is 3. The number of aliphatic imine (C=N–C) groups is 1. The molecule has 0 bridgehead atoms. The number of hydrogen-bond acceptors (Lipinski definition) is 3. The summed E-state index contributed by atoms with van der Waals surface area (Å²) in [7, 11) is 0. The lowest BCUT2D eigenvalue weighted by atomic mass is 10.2. The average Bonchev–Trinajstić information content (AvgIpc) is 1.82. The molecule has 9 heavy (non-hydrogen) atoms. The zero-order valence-corrected chi connectivity index (χ0v) is 5.18. The zero-order chi connectivity index (χ0) is 7.28. The summed E-state index contributed by atoms with van der Waals surface area (Å²) >= 11 is 0. The minimum atomic E-state index is -0.224. The Morgan fingerprint density at radius 1 is 1.78 bits per heavy atom. The Labute approximate surface area is 53.1 Å². The Balaban J connectivity index is 3.78. The van der Waals surface area contributed by atoms with E-state index in [9.17, 15) is 9.59 Å². The van der Waals surface area contributed by atoms with Crippen LogP contribution in [-0.4, -0.2) is 18.4 Å². The van der Waals surface area contributed by atoms with Crippen molar-refractivity contribution in [2.75, 3.05) is 6.54 Å². The lowest BCUT2D eigenvalue weighted by Gasteiger charge is -1.88. The molecule has 0 aliphatic rings. The van der Waals surface area contributed by atoms with Crippen LogP contribution in [0.3, 0.4) is 0 Å². The maximum absolute atomic E-state index is 10.5. The topological polar surface area (TPSA) is 46.5 Å². The van der Waals surface area contributed by atoms with Crippen LogP contribution in [0.4, 0.5) is 0 Å². The highest BCUT2D eigenvalue weighted by molar-refractivity contribution is 5.96. The maximum Gasteiger partial charge on any atom is 0.235 e. The maximum atomic E-state index is 10.5. The predicted molar refractivity (Wildman–Crippen MR) is 32.8 cm³/mol. The molecule has 0 aliphatic carbocycles. The van der Waals surface area contributed by atoms with Gasteiger partial charge in [-0.2, -0.15) is 4.99 Å². The van der Waals surface area contributed by atoms with E-state index in [1.165, 1.54) is 6.08 Å². The normalized spacial score (nSPS) is 7.67. The van der Waals surface area contributed by atoms with Gasteiger partial charge in [-0.15, -0.1) is 0 Å². The molecule has 0 radical (unpaired) electrons. The monoisotopic (exact) mass is 125 g/mol. The number of isocyanates is 1. The molecule has 0 aromatic carbocycles. The number of carbonyl (C=O) groups is 1. The molecule has 0 saturated carbocycles. The first-order valence-corrected chi connectivity index (χ1v) is 2.41. The van der Waals surface area contributed by atoms with Gasteiger partial charge in [-0.3, -0.25) is 4.79 Å². The van der Waals surface area contributed by atoms with Crippen molar-refractivity contribution in [3.63, 3.8) is 0 Å². The van der Waals surface area contributed by atoms with Crippen LogP contribution in [0.2, 0.25) is 0 Å². The molecule has 0 aromatic heterocycles. The van der Waals surface area contributed by atoms with Crippen LogP contribution in [0.25, 0.3) is 0 Å². The quantitative estimate of drug-likeness (QED) is 0.312. The van der Waals surface area contributed by atoms with E-state index in [0.717, 1.165) is 0 Å². The van der Waals surface area contributed by atoms with E-state index in [-0.39, 0.29) is 12.3 Å². The number of ketones is 1. The van der Waals surface area contributed by atoms with Crippen molar-refractivity contribution >= 4 is 11.9 Å². The molecule has 48 valence electrons. The average molecular weight is 125 g/mol. The third-order valence-electron chi connectivity index (χ3n) is 0.763. The molecular weight excluding hydrogens is 118 g/mol. The largest absolute Gasteiger partial charge is 0.292 e. The number of Topliss-reactive ketones (excluding diaryl/α,β-unsaturated/α-hetero) is 1. The van der Waals surface area contributed by atoms with E-state index in [4.69, 9.17) is 0 Å². The first-order valence-electron chi connectivity index (χ1n) is 2.41. The van der Waals surface area contributed by atoms with Crippen molar-refractivity contribution in [2.24, 2.45) is 4.99 Å². The van der Waals surface area contributed by atoms with E-state index in [1.54, 1.807) is 6.92 Å². The molecule has 0 fully saturated rings. The Morgan fingerprint density at radius 2 is 2.33 bits per heavy atom. The fourth-order valence-corrected chi connectivity index (χ4v) is 0.239. The van der Waals surface area contributed by atoms with Crippen LogP contribution in [0.1, 0.15) is 6.92 Å². The molecule has 0 heterocycles. The second kappa shape index (κ2) is 3.75. The predicted octanol–water partition coefficient (Wildman–Crippen LogP) is 0.467. The van der Waals surface area contributed by atoms with Crippen molar-refractivity contribution in [1.29, 1.82) is 0 Å². The minimum absolute atomic E-state index is 0.126. The highest BCUT2D eigenvalue weighted by Crippen LogP contribution is 1.88. The molecule has 0 rings (SSSR count). The van der Waals surface area contributed by atoms with Gasteiger partial charge in [-0.05, 0) is 12.5 Å². The van der Waals surface area contributed by atoms with Gasteiger partial charge in [0.1, 0.15) is 6.54 Å². The van der Waals surface area contributed by atoms with E-state index >= 15 is 0 Å². The number of hydrogen-bond donors (Lipinski definition) is 0. The van der Waals surface area contributed by atoms with Crippen molar-refractivity contribution in [3.05, 3.63) is 12.2 Å². The fourth-order valence-electron chi connectivity index (χ4n) is 0.239. The highest BCUT2D eigenvalue weighted by Gasteiger charge is 1.97. The van der Waals surface area contributed by atoms with Crippen LogP contribution < -0.4 is 0 Å². The van der Waals surface area contributed by atoms with Crippen LogP contribution >= 0.6 is 0 Å². The Bertz CT molecular complexity index is 177. The van der Waals surface area contributed by atoms with Gasteiger partial charge in [0.05, 0.1) is 0 Å². The Morgan fingerprint density at radius 3 is 2.67 bits per heavy atom. The molecule has 0 unspecified atom stereocenters. The van der Waals surface area contributed by atoms with Crippen molar-refractivity contribution < 1.29 is 9.59 Å². The van der Waals surface area contributed by atoms with E-state index in [0.29, 0.717) is 5.57 Å². The van der Waals surface area contributed by atoms with Crippen LogP contribution in [0.5, 0.6) is 0 Å². The number of carbonyl (C=O) groups excluding carboxylic acids is 2. The second-order valence-electron chi connectivity index (χ2n) is 1.61. The summed E-state index contributed by atoms with van der Waals surface area (Å²) in [6.07, 6.45) is 1.27. The summed E-state index contributed by atoms with van der Waals surface area (Å²) in [5.74, 6) is -0.224. The third kappa shape index (κ3) is 3.38. The SMILES string of the molecule is C=C(C)C(=O)CN=C=O. The van der Waals surface area contributed by atoms with Gasteiger partial charge >= 0.3 is 0 Å². The van der Waals surface area contributed by atoms with Gasteiger partial charge < -0.3 is 0 Å². The molecule has 3 nitrogen and oxygen atoms in total. The summed E-state index contributed by atoms with van der Waals surface area (Å²) in [5, 5.41) is 0. The van der Waals surface area contributed by atoms with Gasteiger partial charge in [0.2, 0.25) is 6.08 Å². The lowest BCUT2D eigenvalue weighted by Crippen LogP contribution is -2.01. The minimum Gasteiger partial charge on any atom is -0.292 e. The van der Waals surface area contributed by atoms with Gasteiger partial charge in [-0.1, -0.05) is 6.58 Å². The van der Waals surface area contributed by atoms with Crippen molar-refractivity contribution in [1.82, 2.24) is 0 Å². The van der Waals surface area contributed by atoms with E-state index in [1.807, 2.05) is 0 Å². The lowest BCUT2D eigenvalue weighted by molar-refractivity contribution is -0.114. The second-order valence-corrected chi connectivity index (χ2v) is 1.61. The highest BCUT2D eigenvalue weighted by atomic mass is 16.1. The summed E-state index contributed by atoms with van der Waals surface area (Å²) in [5.41, 5.74) is 0.411.